The highest BCUT2D eigenvalue weighted by atomic mass is 32.1. The number of nitrogens with one attached hydrogen (secondary N) is 2. The highest BCUT2D eigenvalue weighted by Crippen LogP contribution is 2.29. The molecule has 0 aliphatic rings. The SMILES string of the molecule is COc1ccc(C(=O)NC(=S)Nc2ccc(OC)c(OC)c2)cc1. The van der Waals surface area contributed by atoms with Gasteiger partial charge in [-0.05, 0) is 48.6 Å². The van der Waals surface area contributed by atoms with E-state index in [1.54, 1.807) is 63.8 Å². The van der Waals surface area contributed by atoms with Gasteiger partial charge < -0.3 is 19.5 Å². The van der Waals surface area contributed by atoms with Crippen LogP contribution < -0.4 is 24.8 Å². The number of hydrogen-bond donors (Lipinski definition) is 2. The van der Waals surface area contributed by atoms with E-state index in [-0.39, 0.29) is 11.0 Å². The van der Waals surface area contributed by atoms with E-state index in [4.69, 9.17) is 26.4 Å². The number of rotatable bonds is 5. The molecule has 2 aromatic rings. The van der Waals surface area contributed by atoms with Crippen LogP contribution >= 0.6 is 12.2 Å². The molecular weight excluding hydrogens is 328 g/mol. The Bertz CT molecular complexity index is 732. The summed E-state index contributed by atoms with van der Waals surface area (Å²) in [6.45, 7) is 0. The van der Waals surface area contributed by atoms with E-state index in [1.165, 1.54) is 0 Å². The molecule has 0 aromatic heterocycles. The minimum absolute atomic E-state index is 0.183. The smallest absolute Gasteiger partial charge is 0.257 e. The van der Waals surface area contributed by atoms with Crippen molar-refractivity contribution in [3.63, 3.8) is 0 Å². The summed E-state index contributed by atoms with van der Waals surface area (Å²) in [4.78, 5) is 12.1. The van der Waals surface area contributed by atoms with Crippen molar-refractivity contribution in [2.45, 2.75) is 0 Å². The van der Waals surface area contributed by atoms with E-state index in [9.17, 15) is 4.79 Å². The van der Waals surface area contributed by atoms with Crippen molar-refractivity contribution in [2.24, 2.45) is 0 Å². The van der Waals surface area contributed by atoms with Crippen molar-refractivity contribution in [1.82, 2.24) is 5.32 Å². The predicted octanol–water partition coefficient (Wildman–Crippen LogP) is 2.84. The van der Waals surface area contributed by atoms with Gasteiger partial charge in [0, 0.05) is 17.3 Å². The van der Waals surface area contributed by atoms with Crippen LogP contribution in [0.25, 0.3) is 0 Å². The second kappa shape index (κ2) is 8.16. The number of carbonyl (C=O) groups excluding carboxylic acids is 1. The number of amides is 1. The van der Waals surface area contributed by atoms with Gasteiger partial charge >= 0.3 is 0 Å². The molecule has 2 rings (SSSR count). The van der Waals surface area contributed by atoms with E-state index >= 15 is 0 Å². The lowest BCUT2D eigenvalue weighted by molar-refractivity contribution is 0.0977. The summed E-state index contributed by atoms with van der Waals surface area (Å²) in [5.41, 5.74) is 1.15. The molecule has 0 saturated heterocycles. The van der Waals surface area contributed by atoms with Gasteiger partial charge in [0.2, 0.25) is 0 Å². The molecule has 0 saturated carbocycles. The summed E-state index contributed by atoms with van der Waals surface area (Å²) in [5, 5.41) is 5.73. The van der Waals surface area contributed by atoms with Crippen molar-refractivity contribution in [1.29, 1.82) is 0 Å². The maximum atomic E-state index is 12.1. The first-order valence-corrected chi connectivity index (χ1v) is 7.46. The van der Waals surface area contributed by atoms with Crippen LogP contribution in [0.5, 0.6) is 17.2 Å². The van der Waals surface area contributed by atoms with Crippen LogP contribution in [-0.4, -0.2) is 32.3 Å². The number of ether oxygens (including phenoxy) is 3. The average Bonchev–Trinajstić information content (AvgIpc) is 2.61. The van der Waals surface area contributed by atoms with Crippen LogP contribution in [0.15, 0.2) is 42.5 Å². The number of hydrogen-bond acceptors (Lipinski definition) is 5. The normalized spacial score (nSPS) is 9.79. The van der Waals surface area contributed by atoms with Gasteiger partial charge in [0.15, 0.2) is 16.6 Å². The lowest BCUT2D eigenvalue weighted by Gasteiger charge is -2.12. The highest BCUT2D eigenvalue weighted by molar-refractivity contribution is 7.80. The average molecular weight is 346 g/mol. The van der Waals surface area contributed by atoms with Gasteiger partial charge in [-0.2, -0.15) is 0 Å². The molecule has 0 heterocycles. The number of carbonyl (C=O) groups is 1. The van der Waals surface area contributed by atoms with Crippen LogP contribution in [0.4, 0.5) is 5.69 Å². The molecule has 0 radical (unpaired) electrons. The minimum atomic E-state index is -0.310. The Morgan fingerprint density at radius 1 is 0.917 bits per heavy atom. The zero-order valence-electron chi connectivity index (χ0n) is 13.6. The third-order valence-corrected chi connectivity index (χ3v) is 3.42. The molecule has 6 nitrogen and oxygen atoms in total. The largest absolute Gasteiger partial charge is 0.497 e. The third-order valence-electron chi connectivity index (χ3n) is 3.22. The third kappa shape index (κ3) is 4.36. The Labute approximate surface area is 145 Å². The van der Waals surface area contributed by atoms with Crippen LogP contribution in [0.2, 0.25) is 0 Å². The van der Waals surface area contributed by atoms with Crippen LogP contribution in [-0.2, 0) is 0 Å². The fourth-order valence-electron chi connectivity index (χ4n) is 1.99. The van der Waals surface area contributed by atoms with E-state index < -0.39 is 0 Å². The Hall–Kier alpha value is -2.80. The number of benzene rings is 2. The number of thiocarbonyl (C=S) groups is 1. The first-order valence-electron chi connectivity index (χ1n) is 7.05. The molecule has 126 valence electrons. The van der Waals surface area contributed by atoms with Crippen molar-refractivity contribution in [2.75, 3.05) is 26.6 Å². The molecule has 24 heavy (non-hydrogen) atoms. The molecule has 7 heteroatoms. The second-order valence-electron chi connectivity index (χ2n) is 4.71. The molecule has 0 aliphatic heterocycles. The highest BCUT2D eigenvalue weighted by Gasteiger charge is 2.10. The van der Waals surface area contributed by atoms with Gasteiger partial charge in [0.25, 0.3) is 5.91 Å². The number of methoxy groups -OCH3 is 3. The van der Waals surface area contributed by atoms with Crippen molar-refractivity contribution in [3.8, 4) is 17.2 Å². The topological polar surface area (TPSA) is 68.8 Å². The summed E-state index contributed by atoms with van der Waals surface area (Å²) < 4.78 is 15.5. The quantitative estimate of drug-likeness (QED) is 0.812. The zero-order chi connectivity index (χ0) is 17.5. The molecule has 2 N–H and O–H groups in total. The molecule has 0 atom stereocenters. The fraction of sp³-hybridized carbons (Fsp3) is 0.176. The van der Waals surface area contributed by atoms with E-state index in [2.05, 4.69) is 10.6 Å². The molecule has 0 aliphatic carbocycles. The number of anilines is 1. The van der Waals surface area contributed by atoms with Crippen LogP contribution in [0.1, 0.15) is 10.4 Å². The minimum Gasteiger partial charge on any atom is -0.497 e. The summed E-state index contributed by atoms with van der Waals surface area (Å²) in [5.74, 6) is 1.54. The van der Waals surface area contributed by atoms with Gasteiger partial charge in [-0.25, -0.2) is 0 Å². The first-order chi connectivity index (χ1) is 11.6. The van der Waals surface area contributed by atoms with Gasteiger partial charge in [0.1, 0.15) is 5.75 Å². The van der Waals surface area contributed by atoms with Crippen LogP contribution in [0.3, 0.4) is 0 Å². The molecule has 0 bridgehead atoms. The maximum Gasteiger partial charge on any atom is 0.257 e. The lowest BCUT2D eigenvalue weighted by Crippen LogP contribution is -2.34. The lowest BCUT2D eigenvalue weighted by atomic mass is 10.2. The monoisotopic (exact) mass is 346 g/mol. The summed E-state index contributed by atoms with van der Waals surface area (Å²) >= 11 is 5.16. The fourth-order valence-corrected chi connectivity index (χ4v) is 2.20. The van der Waals surface area contributed by atoms with Gasteiger partial charge in [-0.1, -0.05) is 0 Å². The molecular formula is C17H18N2O4S. The first kappa shape index (κ1) is 17.6. The molecule has 0 spiro atoms. The molecule has 0 fully saturated rings. The zero-order valence-corrected chi connectivity index (χ0v) is 14.4. The van der Waals surface area contributed by atoms with Gasteiger partial charge in [-0.3, -0.25) is 10.1 Å². The Balaban J connectivity index is 2.00. The standard InChI is InChI=1S/C17H18N2O4S/c1-21-13-7-4-11(5-8-13)16(20)19-17(24)18-12-6-9-14(22-2)15(10-12)23-3/h4-10H,1-3H3,(H2,18,19,20,24). The molecule has 0 unspecified atom stereocenters. The summed E-state index contributed by atoms with van der Waals surface area (Å²) in [7, 11) is 4.67. The Kier molecular flexibility index (Phi) is 5.97. The second-order valence-corrected chi connectivity index (χ2v) is 5.11. The van der Waals surface area contributed by atoms with Crippen molar-refractivity contribution >= 4 is 28.9 Å². The van der Waals surface area contributed by atoms with E-state index in [1.807, 2.05) is 0 Å². The predicted molar refractivity (Wildman–Crippen MR) is 96.2 cm³/mol. The van der Waals surface area contributed by atoms with E-state index in [0.29, 0.717) is 28.5 Å². The van der Waals surface area contributed by atoms with Crippen molar-refractivity contribution < 1.29 is 19.0 Å². The maximum absolute atomic E-state index is 12.1. The summed E-state index contributed by atoms with van der Waals surface area (Å²) in [6.07, 6.45) is 0. The molecule has 2 aromatic carbocycles. The molecule has 1 amide bonds. The summed E-state index contributed by atoms with van der Waals surface area (Å²) in [6, 6.07) is 12.0. The van der Waals surface area contributed by atoms with Gasteiger partial charge in [-0.15, -0.1) is 0 Å². The van der Waals surface area contributed by atoms with E-state index in [0.717, 1.165) is 0 Å². The van der Waals surface area contributed by atoms with Crippen molar-refractivity contribution in [3.05, 3.63) is 48.0 Å². The van der Waals surface area contributed by atoms with Crippen LogP contribution in [0, 0.1) is 0 Å². The van der Waals surface area contributed by atoms with Gasteiger partial charge in [0.05, 0.1) is 21.3 Å². The Morgan fingerprint density at radius 3 is 2.17 bits per heavy atom. The Morgan fingerprint density at radius 2 is 1.58 bits per heavy atom.